The number of halogens is 1. The number of carboxylic acid groups (broad SMARTS) is 1. The molecule has 0 spiro atoms. The Balaban J connectivity index is 3.04. The Morgan fingerprint density at radius 3 is 2.73 bits per heavy atom. The second-order valence-electron chi connectivity index (χ2n) is 3.16. The summed E-state index contributed by atoms with van der Waals surface area (Å²) in [5.74, 6) is 0. The summed E-state index contributed by atoms with van der Waals surface area (Å²) in [4.78, 5) is 12.1. The molecule has 0 aliphatic heterocycles. The molecule has 0 heterocycles. The van der Waals surface area contributed by atoms with E-state index >= 15 is 0 Å². The highest BCUT2D eigenvalue weighted by molar-refractivity contribution is 6.30. The summed E-state index contributed by atoms with van der Waals surface area (Å²) in [6.45, 7) is 1.38. The number of rotatable bonds is 3. The van der Waals surface area contributed by atoms with E-state index in [1.54, 1.807) is 31.2 Å². The lowest BCUT2D eigenvalue weighted by molar-refractivity contribution is 0.192. The lowest BCUT2D eigenvalue weighted by atomic mass is 10.2. The van der Waals surface area contributed by atoms with Gasteiger partial charge in [-0.25, -0.2) is 4.79 Å². The predicted octanol–water partition coefficient (Wildman–Crippen LogP) is 2.21. The number of aliphatic hydroxyl groups excluding tert-OH is 1. The van der Waals surface area contributed by atoms with Crippen molar-refractivity contribution in [3.05, 3.63) is 29.3 Å². The summed E-state index contributed by atoms with van der Waals surface area (Å²) >= 11 is 5.76. The summed E-state index contributed by atoms with van der Waals surface area (Å²) in [6.07, 6.45) is -1.11. The van der Waals surface area contributed by atoms with Crippen LogP contribution >= 0.6 is 11.6 Å². The van der Waals surface area contributed by atoms with Crippen molar-refractivity contribution < 1.29 is 15.0 Å². The molecule has 1 aromatic rings. The standard InChI is InChI=1S/C10H12ClNO3/c1-7(6-13)12(10(14)15)9-4-2-3-8(11)5-9/h2-5,7,13H,6H2,1H3,(H,14,15)/t7-/m0/s1. The number of nitrogens with zero attached hydrogens (tertiary/aromatic N) is 1. The van der Waals surface area contributed by atoms with Crippen LogP contribution in [0.4, 0.5) is 10.5 Å². The number of aliphatic hydroxyl groups is 1. The normalized spacial score (nSPS) is 12.2. The van der Waals surface area contributed by atoms with Gasteiger partial charge in [0.15, 0.2) is 0 Å². The molecule has 2 N–H and O–H groups in total. The molecule has 0 radical (unpaired) electrons. The first-order valence-corrected chi connectivity index (χ1v) is 4.82. The first kappa shape index (κ1) is 11.8. The van der Waals surface area contributed by atoms with Gasteiger partial charge in [0, 0.05) is 10.7 Å². The Morgan fingerprint density at radius 2 is 2.27 bits per heavy atom. The number of benzene rings is 1. The summed E-state index contributed by atoms with van der Waals surface area (Å²) < 4.78 is 0. The van der Waals surface area contributed by atoms with Crippen LogP contribution < -0.4 is 4.90 Å². The maximum absolute atomic E-state index is 11.0. The molecule has 0 saturated carbocycles. The van der Waals surface area contributed by atoms with Crippen LogP contribution in [0.3, 0.4) is 0 Å². The summed E-state index contributed by atoms with van der Waals surface area (Å²) in [7, 11) is 0. The maximum Gasteiger partial charge on any atom is 0.412 e. The summed E-state index contributed by atoms with van der Waals surface area (Å²) in [5.41, 5.74) is 0.455. The van der Waals surface area contributed by atoms with Crippen LogP contribution in [-0.4, -0.2) is 29.0 Å². The monoisotopic (exact) mass is 229 g/mol. The van der Waals surface area contributed by atoms with Gasteiger partial charge >= 0.3 is 6.09 Å². The third kappa shape index (κ3) is 2.84. The van der Waals surface area contributed by atoms with E-state index < -0.39 is 12.1 Å². The van der Waals surface area contributed by atoms with Gasteiger partial charge in [-0.15, -0.1) is 0 Å². The van der Waals surface area contributed by atoms with E-state index in [1.807, 2.05) is 0 Å². The van der Waals surface area contributed by atoms with Gasteiger partial charge in [0.1, 0.15) is 0 Å². The largest absolute Gasteiger partial charge is 0.465 e. The molecule has 1 rings (SSSR count). The summed E-state index contributed by atoms with van der Waals surface area (Å²) in [5, 5.41) is 18.4. The van der Waals surface area contributed by atoms with Gasteiger partial charge in [-0.3, -0.25) is 4.90 Å². The Kier molecular flexibility index (Phi) is 3.94. The quantitative estimate of drug-likeness (QED) is 0.836. The summed E-state index contributed by atoms with van der Waals surface area (Å²) in [6, 6.07) is 6.00. The zero-order chi connectivity index (χ0) is 11.4. The van der Waals surface area contributed by atoms with Gasteiger partial charge in [-0.2, -0.15) is 0 Å². The van der Waals surface area contributed by atoms with Crippen molar-refractivity contribution in [1.82, 2.24) is 0 Å². The van der Waals surface area contributed by atoms with Crippen molar-refractivity contribution in [2.24, 2.45) is 0 Å². The van der Waals surface area contributed by atoms with E-state index in [1.165, 1.54) is 0 Å². The van der Waals surface area contributed by atoms with Crippen molar-refractivity contribution in [2.75, 3.05) is 11.5 Å². The van der Waals surface area contributed by atoms with Crippen LogP contribution in [0.2, 0.25) is 5.02 Å². The van der Waals surface area contributed by atoms with Gasteiger partial charge < -0.3 is 10.2 Å². The highest BCUT2D eigenvalue weighted by Crippen LogP contribution is 2.21. The molecule has 5 heteroatoms. The van der Waals surface area contributed by atoms with Gasteiger partial charge in [-0.05, 0) is 25.1 Å². The molecule has 15 heavy (non-hydrogen) atoms. The lowest BCUT2D eigenvalue weighted by Crippen LogP contribution is -2.39. The van der Waals surface area contributed by atoms with E-state index in [0.29, 0.717) is 10.7 Å². The molecular weight excluding hydrogens is 218 g/mol. The van der Waals surface area contributed by atoms with Crippen molar-refractivity contribution in [2.45, 2.75) is 13.0 Å². The maximum atomic E-state index is 11.0. The van der Waals surface area contributed by atoms with Crippen molar-refractivity contribution in [1.29, 1.82) is 0 Å². The molecule has 0 aromatic heterocycles. The molecular formula is C10H12ClNO3. The average molecular weight is 230 g/mol. The predicted molar refractivity (Wildman–Crippen MR) is 58.5 cm³/mol. The Bertz CT molecular complexity index is 356. The van der Waals surface area contributed by atoms with E-state index in [0.717, 1.165) is 4.90 Å². The Morgan fingerprint density at radius 1 is 1.60 bits per heavy atom. The highest BCUT2D eigenvalue weighted by Gasteiger charge is 2.20. The zero-order valence-electron chi connectivity index (χ0n) is 8.22. The number of carbonyl (C=O) groups is 1. The third-order valence-electron chi connectivity index (χ3n) is 2.00. The number of anilines is 1. The average Bonchev–Trinajstić information content (AvgIpc) is 2.17. The van der Waals surface area contributed by atoms with E-state index in [-0.39, 0.29) is 6.61 Å². The fraction of sp³-hybridized carbons (Fsp3) is 0.300. The molecule has 0 aliphatic carbocycles. The molecule has 0 fully saturated rings. The van der Waals surface area contributed by atoms with E-state index in [4.69, 9.17) is 21.8 Å². The second-order valence-corrected chi connectivity index (χ2v) is 3.60. The molecule has 0 saturated heterocycles. The van der Waals surface area contributed by atoms with E-state index in [2.05, 4.69) is 0 Å². The fourth-order valence-electron chi connectivity index (χ4n) is 1.26. The molecule has 0 aliphatic rings. The first-order chi connectivity index (χ1) is 7.06. The van der Waals surface area contributed by atoms with Gasteiger partial charge in [0.25, 0.3) is 0 Å². The van der Waals surface area contributed by atoms with Crippen molar-refractivity contribution in [3.63, 3.8) is 0 Å². The molecule has 0 unspecified atom stereocenters. The molecule has 1 atom stereocenters. The van der Waals surface area contributed by atoms with Gasteiger partial charge in [-0.1, -0.05) is 17.7 Å². The van der Waals surface area contributed by atoms with Crippen molar-refractivity contribution >= 4 is 23.4 Å². The smallest absolute Gasteiger partial charge is 0.412 e. The zero-order valence-corrected chi connectivity index (χ0v) is 8.98. The fourth-order valence-corrected chi connectivity index (χ4v) is 1.45. The van der Waals surface area contributed by atoms with Crippen molar-refractivity contribution in [3.8, 4) is 0 Å². The van der Waals surface area contributed by atoms with Crippen LogP contribution in [0.15, 0.2) is 24.3 Å². The van der Waals surface area contributed by atoms with E-state index in [9.17, 15) is 4.79 Å². The van der Waals surface area contributed by atoms with Crippen LogP contribution in [0.5, 0.6) is 0 Å². The molecule has 1 aromatic carbocycles. The number of amides is 1. The topological polar surface area (TPSA) is 60.8 Å². The minimum absolute atomic E-state index is 0.237. The lowest BCUT2D eigenvalue weighted by Gasteiger charge is -2.24. The Labute approximate surface area is 92.7 Å². The van der Waals surface area contributed by atoms with Crippen LogP contribution in [0.25, 0.3) is 0 Å². The molecule has 0 bridgehead atoms. The minimum Gasteiger partial charge on any atom is -0.465 e. The SMILES string of the molecule is C[C@@H](CO)N(C(=O)O)c1cccc(Cl)c1. The van der Waals surface area contributed by atoms with Gasteiger partial charge in [0.05, 0.1) is 12.6 Å². The number of hydrogen-bond donors (Lipinski definition) is 2. The third-order valence-corrected chi connectivity index (χ3v) is 2.23. The first-order valence-electron chi connectivity index (χ1n) is 4.45. The number of hydrogen-bond acceptors (Lipinski definition) is 2. The van der Waals surface area contributed by atoms with Crippen LogP contribution in [-0.2, 0) is 0 Å². The molecule has 4 nitrogen and oxygen atoms in total. The minimum atomic E-state index is -1.11. The van der Waals surface area contributed by atoms with Crippen LogP contribution in [0, 0.1) is 0 Å². The molecule has 82 valence electrons. The Hall–Kier alpha value is -1.26. The van der Waals surface area contributed by atoms with Crippen LogP contribution in [0.1, 0.15) is 6.92 Å². The second kappa shape index (κ2) is 5.00. The molecule has 1 amide bonds. The highest BCUT2D eigenvalue weighted by atomic mass is 35.5. The van der Waals surface area contributed by atoms with Gasteiger partial charge in [0.2, 0.25) is 0 Å².